The molecule has 1 aromatic rings. The van der Waals surface area contributed by atoms with E-state index in [1.54, 1.807) is 14.2 Å². The van der Waals surface area contributed by atoms with Crippen LogP contribution in [0.2, 0.25) is 0 Å². The zero-order valence-electron chi connectivity index (χ0n) is 9.64. The summed E-state index contributed by atoms with van der Waals surface area (Å²) in [4.78, 5) is 2.16. The molecule has 0 bridgehead atoms. The van der Waals surface area contributed by atoms with Gasteiger partial charge in [0.1, 0.15) is 0 Å². The van der Waals surface area contributed by atoms with Crippen molar-refractivity contribution >= 4 is 5.69 Å². The molecule has 0 aromatic heterocycles. The second-order valence-electron chi connectivity index (χ2n) is 4.00. The molecule has 0 unspecified atom stereocenters. The maximum absolute atomic E-state index is 9.06. The molecule has 1 fully saturated rings. The quantitative estimate of drug-likeness (QED) is 0.773. The number of anilines is 1. The lowest BCUT2D eigenvalue weighted by atomic mass is 10.1. The van der Waals surface area contributed by atoms with Crippen molar-refractivity contribution in [3.8, 4) is 0 Å². The van der Waals surface area contributed by atoms with Gasteiger partial charge < -0.3 is 19.5 Å². The third-order valence-corrected chi connectivity index (χ3v) is 3.07. The van der Waals surface area contributed by atoms with Crippen LogP contribution < -0.4 is 4.90 Å². The average molecular weight is 223 g/mol. The SMILES string of the molecule is COC1(OC)CN(c2cccc(CO)c2)C1. The van der Waals surface area contributed by atoms with Gasteiger partial charge in [-0.05, 0) is 17.7 Å². The number of rotatable bonds is 4. The van der Waals surface area contributed by atoms with Crippen molar-refractivity contribution in [2.24, 2.45) is 0 Å². The molecule has 16 heavy (non-hydrogen) atoms. The minimum atomic E-state index is -0.463. The molecule has 1 saturated heterocycles. The molecule has 1 aromatic carbocycles. The summed E-state index contributed by atoms with van der Waals surface area (Å²) in [5.41, 5.74) is 2.01. The maximum Gasteiger partial charge on any atom is 0.203 e. The zero-order valence-corrected chi connectivity index (χ0v) is 9.64. The molecule has 0 aliphatic carbocycles. The van der Waals surface area contributed by atoms with Crippen LogP contribution in [0.15, 0.2) is 24.3 Å². The molecule has 88 valence electrons. The number of hydrogen-bond donors (Lipinski definition) is 1. The first-order valence-electron chi connectivity index (χ1n) is 5.28. The smallest absolute Gasteiger partial charge is 0.203 e. The lowest BCUT2D eigenvalue weighted by molar-refractivity contribution is -0.219. The minimum Gasteiger partial charge on any atom is -0.392 e. The summed E-state index contributed by atoms with van der Waals surface area (Å²) in [6, 6.07) is 7.85. The van der Waals surface area contributed by atoms with Crippen LogP contribution in [-0.2, 0) is 16.1 Å². The molecule has 4 nitrogen and oxygen atoms in total. The van der Waals surface area contributed by atoms with Crippen molar-refractivity contribution in [2.75, 3.05) is 32.2 Å². The summed E-state index contributed by atoms with van der Waals surface area (Å²) in [6.45, 7) is 1.51. The van der Waals surface area contributed by atoms with Gasteiger partial charge in [-0.1, -0.05) is 12.1 Å². The van der Waals surface area contributed by atoms with Crippen LogP contribution in [0.5, 0.6) is 0 Å². The van der Waals surface area contributed by atoms with E-state index in [2.05, 4.69) is 4.90 Å². The van der Waals surface area contributed by atoms with Gasteiger partial charge in [0.2, 0.25) is 5.79 Å². The number of ether oxygens (including phenoxy) is 2. The molecular formula is C12H17NO3. The predicted molar refractivity (Wildman–Crippen MR) is 61.3 cm³/mol. The van der Waals surface area contributed by atoms with E-state index in [1.165, 1.54) is 0 Å². The molecule has 0 spiro atoms. The van der Waals surface area contributed by atoms with Gasteiger partial charge in [-0.25, -0.2) is 0 Å². The van der Waals surface area contributed by atoms with Gasteiger partial charge in [-0.2, -0.15) is 0 Å². The Kier molecular flexibility index (Phi) is 3.14. The number of benzene rings is 1. The Labute approximate surface area is 95.4 Å². The Morgan fingerprint density at radius 1 is 1.31 bits per heavy atom. The lowest BCUT2D eigenvalue weighted by Gasteiger charge is -2.48. The molecule has 0 atom stereocenters. The summed E-state index contributed by atoms with van der Waals surface area (Å²) in [5.74, 6) is -0.463. The molecule has 2 rings (SSSR count). The maximum atomic E-state index is 9.06. The third kappa shape index (κ3) is 1.91. The Balaban J connectivity index is 2.05. The van der Waals surface area contributed by atoms with Crippen LogP contribution in [0.3, 0.4) is 0 Å². The molecule has 1 heterocycles. The fourth-order valence-corrected chi connectivity index (χ4v) is 1.91. The normalized spacial score (nSPS) is 18.3. The van der Waals surface area contributed by atoms with Crippen molar-refractivity contribution in [1.29, 1.82) is 0 Å². The van der Waals surface area contributed by atoms with Gasteiger partial charge in [0.25, 0.3) is 0 Å². The fraction of sp³-hybridized carbons (Fsp3) is 0.500. The van der Waals surface area contributed by atoms with E-state index in [-0.39, 0.29) is 6.61 Å². The Hall–Kier alpha value is -1.10. The Bertz CT molecular complexity index is 355. The molecule has 0 amide bonds. The van der Waals surface area contributed by atoms with Gasteiger partial charge >= 0.3 is 0 Å². The van der Waals surface area contributed by atoms with E-state index >= 15 is 0 Å². The topological polar surface area (TPSA) is 41.9 Å². The van der Waals surface area contributed by atoms with Crippen LogP contribution in [0.4, 0.5) is 5.69 Å². The van der Waals surface area contributed by atoms with Crippen molar-refractivity contribution < 1.29 is 14.6 Å². The Morgan fingerprint density at radius 2 is 2.00 bits per heavy atom. The van der Waals surface area contributed by atoms with Crippen LogP contribution in [0, 0.1) is 0 Å². The van der Waals surface area contributed by atoms with E-state index < -0.39 is 5.79 Å². The van der Waals surface area contributed by atoms with Gasteiger partial charge in [-0.15, -0.1) is 0 Å². The highest BCUT2D eigenvalue weighted by Crippen LogP contribution is 2.30. The van der Waals surface area contributed by atoms with E-state index in [0.29, 0.717) is 0 Å². The molecule has 0 saturated carbocycles. The molecule has 1 aliphatic heterocycles. The number of nitrogens with zero attached hydrogens (tertiary/aromatic N) is 1. The fourth-order valence-electron chi connectivity index (χ4n) is 1.91. The standard InChI is InChI=1S/C12H17NO3/c1-15-12(16-2)8-13(9-12)11-5-3-4-10(6-11)7-14/h3-6,14H,7-9H2,1-2H3. The largest absolute Gasteiger partial charge is 0.392 e. The van der Waals surface area contributed by atoms with Gasteiger partial charge in [0.05, 0.1) is 19.7 Å². The highest BCUT2D eigenvalue weighted by Gasteiger charge is 2.43. The first-order valence-corrected chi connectivity index (χ1v) is 5.28. The van der Waals surface area contributed by atoms with Gasteiger partial charge in [0, 0.05) is 19.9 Å². The first kappa shape index (κ1) is 11.4. The number of aliphatic hydroxyl groups excluding tert-OH is 1. The zero-order chi connectivity index (χ0) is 11.6. The van der Waals surface area contributed by atoms with Crippen LogP contribution in [-0.4, -0.2) is 38.2 Å². The van der Waals surface area contributed by atoms with E-state index in [4.69, 9.17) is 14.6 Å². The second kappa shape index (κ2) is 4.41. The second-order valence-corrected chi connectivity index (χ2v) is 4.00. The average Bonchev–Trinajstić information content (AvgIpc) is 2.29. The lowest BCUT2D eigenvalue weighted by Crippen LogP contribution is -2.64. The van der Waals surface area contributed by atoms with Gasteiger partial charge in [-0.3, -0.25) is 0 Å². The number of hydrogen-bond acceptors (Lipinski definition) is 4. The molecular weight excluding hydrogens is 206 g/mol. The molecule has 0 radical (unpaired) electrons. The predicted octanol–water partition coefficient (Wildman–Crippen LogP) is 0.988. The van der Waals surface area contributed by atoms with Crippen molar-refractivity contribution in [1.82, 2.24) is 0 Å². The minimum absolute atomic E-state index is 0.0708. The van der Waals surface area contributed by atoms with Crippen LogP contribution in [0.25, 0.3) is 0 Å². The highest BCUT2D eigenvalue weighted by molar-refractivity contribution is 5.51. The van der Waals surface area contributed by atoms with E-state index in [1.807, 2.05) is 24.3 Å². The molecule has 1 N–H and O–H groups in total. The van der Waals surface area contributed by atoms with E-state index in [9.17, 15) is 0 Å². The third-order valence-electron chi connectivity index (χ3n) is 3.07. The van der Waals surface area contributed by atoms with Gasteiger partial charge in [0.15, 0.2) is 0 Å². The number of methoxy groups -OCH3 is 2. The Morgan fingerprint density at radius 3 is 2.56 bits per heavy atom. The summed E-state index contributed by atoms with van der Waals surface area (Å²) >= 11 is 0. The first-order chi connectivity index (χ1) is 7.73. The molecule has 4 heteroatoms. The van der Waals surface area contributed by atoms with Crippen LogP contribution in [0.1, 0.15) is 5.56 Å². The van der Waals surface area contributed by atoms with E-state index in [0.717, 1.165) is 24.3 Å². The number of aliphatic hydroxyl groups is 1. The highest BCUT2D eigenvalue weighted by atomic mass is 16.7. The summed E-state index contributed by atoms with van der Waals surface area (Å²) < 4.78 is 10.6. The summed E-state index contributed by atoms with van der Waals surface area (Å²) in [5, 5.41) is 9.06. The monoisotopic (exact) mass is 223 g/mol. The summed E-state index contributed by atoms with van der Waals surface area (Å²) in [7, 11) is 3.32. The summed E-state index contributed by atoms with van der Waals surface area (Å²) in [6.07, 6.45) is 0. The van der Waals surface area contributed by atoms with Crippen molar-refractivity contribution in [3.05, 3.63) is 29.8 Å². The van der Waals surface area contributed by atoms with Crippen molar-refractivity contribution in [2.45, 2.75) is 12.4 Å². The van der Waals surface area contributed by atoms with Crippen LogP contribution >= 0.6 is 0 Å². The van der Waals surface area contributed by atoms with Crippen molar-refractivity contribution in [3.63, 3.8) is 0 Å². The molecule has 1 aliphatic rings.